The second-order valence-corrected chi connectivity index (χ2v) is 8.87. The molecule has 0 radical (unpaired) electrons. The van der Waals surface area contributed by atoms with Crippen molar-refractivity contribution in [3.05, 3.63) is 18.0 Å². The van der Waals surface area contributed by atoms with Gasteiger partial charge in [0.2, 0.25) is 10.0 Å². The van der Waals surface area contributed by atoms with E-state index in [0.717, 1.165) is 4.31 Å². The predicted molar refractivity (Wildman–Crippen MR) is 70.7 cm³/mol. The number of nitrogens with two attached hydrogens (primary N) is 1. The summed E-state index contributed by atoms with van der Waals surface area (Å²) in [6.45, 7) is 0.219. The fourth-order valence-corrected chi connectivity index (χ4v) is 5.38. The first-order valence-corrected chi connectivity index (χ1v) is 9.08. The molecule has 7 nitrogen and oxygen atoms in total. The summed E-state index contributed by atoms with van der Waals surface area (Å²) >= 11 is 0. The minimum absolute atomic E-state index is 0.0404. The van der Waals surface area contributed by atoms with Gasteiger partial charge in [0.1, 0.15) is 0 Å². The highest BCUT2D eigenvalue weighted by molar-refractivity contribution is 7.92. The van der Waals surface area contributed by atoms with Crippen LogP contribution in [0.1, 0.15) is 12.1 Å². The molecule has 1 saturated heterocycles. The van der Waals surface area contributed by atoms with Crippen LogP contribution in [0.4, 0.5) is 0 Å². The summed E-state index contributed by atoms with van der Waals surface area (Å²) in [6, 6.07) is 0.973. The average Bonchev–Trinajstić information content (AvgIpc) is 2.94. The fourth-order valence-electron chi connectivity index (χ4n) is 2.11. The van der Waals surface area contributed by atoms with E-state index in [1.165, 1.54) is 19.3 Å². The van der Waals surface area contributed by atoms with Gasteiger partial charge in [-0.25, -0.2) is 16.8 Å². The van der Waals surface area contributed by atoms with Crippen LogP contribution in [0.25, 0.3) is 0 Å². The van der Waals surface area contributed by atoms with Crippen molar-refractivity contribution in [2.75, 3.05) is 18.6 Å². The molecule has 1 fully saturated rings. The Morgan fingerprint density at radius 2 is 2.21 bits per heavy atom. The standard InChI is InChI=1S/C10H17N3O4S2/c1-13(9-2-3-18(14,15)7-9)19(16,17)10-4-8(5-11)12-6-10/h4,6,9,12H,2-3,5,7,11H2,1H3. The number of sulfonamides is 1. The molecule has 9 heteroatoms. The summed E-state index contributed by atoms with van der Waals surface area (Å²) in [4.78, 5) is 2.89. The number of aromatic nitrogens is 1. The van der Waals surface area contributed by atoms with E-state index in [0.29, 0.717) is 12.1 Å². The van der Waals surface area contributed by atoms with Gasteiger partial charge in [0.25, 0.3) is 0 Å². The van der Waals surface area contributed by atoms with E-state index in [1.807, 2.05) is 0 Å². The maximum Gasteiger partial charge on any atom is 0.244 e. The van der Waals surface area contributed by atoms with Crippen LogP contribution in [-0.4, -0.2) is 50.7 Å². The van der Waals surface area contributed by atoms with Crippen molar-refractivity contribution in [2.45, 2.75) is 23.9 Å². The van der Waals surface area contributed by atoms with E-state index in [9.17, 15) is 16.8 Å². The zero-order chi connectivity index (χ0) is 14.3. The van der Waals surface area contributed by atoms with Crippen LogP contribution >= 0.6 is 0 Å². The van der Waals surface area contributed by atoms with Crippen molar-refractivity contribution in [3.8, 4) is 0 Å². The second-order valence-electron chi connectivity index (χ2n) is 4.64. The summed E-state index contributed by atoms with van der Waals surface area (Å²) in [7, 11) is -5.38. The molecule has 1 aromatic rings. The van der Waals surface area contributed by atoms with Crippen LogP contribution in [0.15, 0.2) is 17.2 Å². The summed E-state index contributed by atoms with van der Waals surface area (Å²) in [5.74, 6) is -0.0738. The molecule has 1 aromatic heterocycles. The molecule has 19 heavy (non-hydrogen) atoms. The average molecular weight is 307 g/mol. The van der Waals surface area contributed by atoms with Gasteiger partial charge in [-0.2, -0.15) is 4.31 Å². The van der Waals surface area contributed by atoms with E-state index in [4.69, 9.17) is 5.73 Å². The lowest BCUT2D eigenvalue weighted by Gasteiger charge is -2.21. The van der Waals surface area contributed by atoms with Crippen molar-refractivity contribution < 1.29 is 16.8 Å². The van der Waals surface area contributed by atoms with E-state index in [-0.39, 0.29) is 22.9 Å². The molecule has 0 bridgehead atoms. The zero-order valence-corrected chi connectivity index (χ0v) is 12.2. The highest BCUT2D eigenvalue weighted by atomic mass is 32.2. The Balaban J connectivity index is 2.25. The monoisotopic (exact) mass is 307 g/mol. The number of aromatic amines is 1. The van der Waals surface area contributed by atoms with Gasteiger partial charge in [-0.1, -0.05) is 0 Å². The number of sulfone groups is 1. The third kappa shape index (κ3) is 2.83. The summed E-state index contributed by atoms with van der Waals surface area (Å²) in [5.41, 5.74) is 6.04. The van der Waals surface area contributed by atoms with Gasteiger partial charge < -0.3 is 10.7 Å². The molecule has 0 spiro atoms. The minimum atomic E-state index is -3.68. The molecular formula is C10H17N3O4S2. The number of hydrogen-bond donors (Lipinski definition) is 2. The van der Waals surface area contributed by atoms with Crippen LogP contribution in [0.3, 0.4) is 0 Å². The van der Waals surface area contributed by atoms with Crippen molar-refractivity contribution in [1.29, 1.82) is 0 Å². The van der Waals surface area contributed by atoms with Crippen molar-refractivity contribution >= 4 is 19.9 Å². The maximum atomic E-state index is 12.3. The van der Waals surface area contributed by atoms with Gasteiger partial charge in [0.15, 0.2) is 9.84 Å². The number of nitrogens with one attached hydrogen (secondary N) is 1. The maximum absolute atomic E-state index is 12.3. The Kier molecular flexibility index (Phi) is 3.74. The van der Waals surface area contributed by atoms with Crippen LogP contribution in [0.5, 0.6) is 0 Å². The number of rotatable bonds is 4. The molecular weight excluding hydrogens is 290 g/mol. The molecule has 1 unspecified atom stereocenters. The summed E-state index contributed by atoms with van der Waals surface area (Å²) in [6.07, 6.45) is 1.71. The van der Waals surface area contributed by atoms with E-state index < -0.39 is 25.9 Å². The Labute approximate surface area is 112 Å². The first kappa shape index (κ1) is 14.5. The topological polar surface area (TPSA) is 113 Å². The molecule has 1 aliphatic rings. The lowest BCUT2D eigenvalue weighted by Crippen LogP contribution is -2.37. The first-order chi connectivity index (χ1) is 8.76. The smallest absolute Gasteiger partial charge is 0.244 e. The largest absolute Gasteiger partial charge is 0.363 e. The quantitative estimate of drug-likeness (QED) is 0.762. The van der Waals surface area contributed by atoms with Crippen LogP contribution in [0, 0.1) is 0 Å². The third-order valence-corrected chi connectivity index (χ3v) is 6.97. The predicted octanol–water partition coefficient (Wildman–Crippen LogP) is -0.719. The lowest BCUT2D eigenvalue weighted by atomic mass is 10.3. The van der Waals surface area contributed by atoms with Crippen molar-refractivity contribution in [1.82, 2.24) is 9.29 Å². The summed E-state index contributed by atoms with van der Waals surface area (Å²) < 4.78 is 48.6. The Hall–Kier alpha value is -0.900. The number of hydrogen-bond acceptors (Lipinski definition) is 5. The van der Waals surface area contributed by atoms with Crippen LogP contribution in [0.2, 0.25) is 0 Å². The van der Waals surface area contributed by atoms with E-state index >= 15 is 0 Å². The molecule has 1 aliphatic heterocycles. The highest BCUT2D eigenvalue weighted by Gasteiger charge is 2.36. The van der Waals surface area contributed by atoms with Crippen molar-refractivity contribution in [2.24, 2.45) is 5.73 Å². The van der Waals surface area contributed by atoms with Gasteiger partial charge in [0.05, 0.1) is 16.4 Å². The van der Waals surface area contributed by atoms with E-state index in [2.05, 4.69) is 4.98 Å². The Morgan fingerprint density at radius 3 is 2.68 bits per heavy atom. The molecule has 1 atom stereocenters. The normalized spacial score (nSPS) is 23.0. The fraction of sp³-hybridized carbons (Fsp3) is 0.600. The highest BCUT2D eigenvalue weighted by Crippen LogP contribution is 2.23. The molecule has 0 aromatic carbocycles. The van der Waals surface area contributed by atoms with Gasteiger partial charge in [0, 0.05) is 31.5 Å². The Morgan fingerprint density at radius 1 is 1.53 bits per heavy atom. The number of nitrogens with zero attached hydrogens (tertiary/aromatic N) is 1. The van der Waals surface area contributed by atoms with Crippen LogP contribution < -0.4 is 5.73 Å². The van der Waals surface area contributed by atoms with Gasteiger partial charge in [-0.3, -0.25) is 0 Å². The minimum Gasteiger partial charge on any atom is -0.363 e. The molecule has 2 rings (SSSR count). The van der Waals surface area contributed by atoms with Gasteiger partial charge in [-0.15, -0.1) is 0 Å². The first-order valence-electron chi connectivity index (χ1n) is 5.82. The van der Waals surface area contributed by atoms with Gasteiger partial charge in [-0.05, 0) is 12.5 Å². The lowest BCUT2D eigenvalue weighted by molar-refractivity contribution is 0.394. The second kappa shape index (κ2) is 4.89. The molecule has 0 amide bonds. The zero-order valence-electron chi connectivity index (χ0n) is 10.5. The molecule has 108 valence electrons. The molecule has 3 N–H and O–H groups in total. The molecule has 0 saturated carbocycles. The molecule has 0 aliphatic carbocycles. The van der Waals surface area contributed by atoms with E-state index in [1.54, 1.807) is 0 Å². The van der Waals surface area contributed by atoms with Crippen LogP contribution in [-0.2, 0) is 26.4 Å². The number of H-pyrrole nitrogens is 1. The van der Waals surface area contributed by atoms with Gasteiger partial charge >= 0.3 is 0 Å². The van der Waals surface area contributed by atoms with Crippen molar-refractivity contribution in [3.63, 3.8) is 0 Å². The Bertz CT molecular complexity index is 663. The third-order valence-electron chi connectivity index (χ3n) is 3.34. The SMILES string of the molecule is CN(C1CCS(=O)(=O)C1)S(=O)(=O)c1c[nH]c(CN)c1. The molecule has 2 heterocycles. The summed E-state index contributed by atoms with van der Waals surface area (Å²) in [5, 5.41) is 0.